The van der Waals surface area contributed by atoms with Crippen LogP contribution in [0.5, 0.6) is 0 Å². The van der Waals surface area contributed by atoms with Crippen LogP contribution in [0.1, 0.15) is 12.5 Å². The van der Waals surface area contributed by atoms with Crippen molar-refractivity contribution in [3.8, 4) is 0 Å². The number of hydrogen-bond donors (Lipinski definition) is 1. The Balaban J connectivity index is 1.99. The van der Waals surface area contributed by atoms with Crippen molar-refractivity contribution in [2.24, 2.45) is 5.92 Å². The third-order valence-electron chi connectivity index (χ3n) is 3.23. The third kappa shape index (κ3) is 3.15. The van der Waals surface area contributed by atoms with Crippen molar-refractivity contribution in [2.45, 2.75) is 19.4 Å². The molecule has 0 aromatic heterocycles. The highest BCUT2D eigenvalue weighted by atomic mass is 19.1. The number of ether oxygens (including phenoxy) is 1. The van der Waals surface area contributed by atoms with Crippen molar-refractivity contribution >= 4 is 5.78 Å². The lowest BCUT2D eigenvalue weighted by Gasteiger charge is -2.17. The zero-order valence-electron chi connectivity index (χ0n) is 10.5. The Hall–Kier alpha value is -1.26. The van der Waals surface area contributed by atoms with Gasteiger partial charge in [0.2, 0.25) is 0 Å². The van der Waals surface area contributed by atoms with Gasteiger partial charge in [-0.2, -0.15) is 0 Å². The molecule has 1 N–H and O–H groups in total. The Morgan fingerprint density at radius 3 is 3.06 bits per heavy atom. The van der Waals surface area contributed by atoms with Gasteiger partial charge in [-0.15, -0.1) is 0 Å². The van der Waals surface area contributed by atoms with E-state index >= 15 is 0 Å². The van der Waals surface area contributed by atoms with Gasteiger partial charge in [0.05, 0.1) is 19.1 Å². The maximum Gasteiger partial charge on any atom is 0.144 e. The smallest absolute Gasteiger partial charge is 0.144 e. The number of halogens is 1. The van der Waals surface area contributed by atoms with Crippen LogP contribution in [-0.2, 0) is 16.0 Å². The van der Waals surface area contributed by atoms with Gasteiger partial charge in [0.1, 0.15) is 11.6 Å². The molecule has 2 unspecified atom stereocenters. The fourth-order valence-electron chi connectivity index (χ4n) is 2.31. The molecule has 18 heavy (non-hydrogen) atoms. The van der Waals surface area contributed by atoms with Crippen LogP contribution >= 0.6 is 0 Å². The summed E-state index contributed by atoms with van der Waals surface area (Å²) in [5.74, 6) is -0.302. The molecule has 0 saturated carbocycles. The molecule has 1 aromatic carbocycles. The molecule has 98 valence electrons. The highest BCUT2D eigenvalue weighted by Gasteiger charge is 2.32. The molecule has 1 aliphatic heterocycles. The van der Waals surface area contributed by atoms with E-state index in [1.54, 1.807) is 12.1 Å². The SMILES string of the molecule is CCNC1COCC1C(=O)Cc1cccc(F)c1. The van der Waals surface area contributed by atoms with Crippen LogP contribution in [-0.4, -0.2) is 31.6 Å². The van der Waals surface area contributed by atoms with E-state index in [1.807, 2.05) is 6.92 Å². The molecule has 0 bridgehead atoms. The van der Waals surface area contributed by atoms with Gasteiger partial charge in [0.25, 0.3) is 0 Å². The lowest BCUT2D eigenvalue weighted by atomic mass is 9.93. The second kappa shape index (κ2) is 6.07. The highest BCUT2D eigenvalue weighted by molar-refractivity contribution is 5.84. The summed E-state index contributed by atoms with van der Waals surface area (Å²) in [6.45, 7) is 3.86. The van der Waals surface area contributed by atoms with Gasteiger partial charge in [-0.1, -0.05) is 19.1 Å². The van der Waals surface area contributed by atoms with E-state index in [0.29, 0.717) is 13.2 Å². The Bertz CT molecular complexity index is 422. The van der Waals surface area contributed by atoms with E-state index in [2.05, 4.69) is 5.32 Å². The van der Waals surface area contributed by atoms with Gasteiger partial charge >= 0.3 is 0 Å². The first-order chi connectivity index (χ1) is 8.70. The Morgan fingerprint density at radius 1 is 1.50 bits per heavy atom. The number of Topliss-reactive ketones (excluding diaryl/α,β-unsaturated/α-hetero) is 1. The molecule has 0 radical (unpaired) electrons. The van der Waals surface area contributed by atoms with E-state index in [1.165, 1.54) is 12.1 Å². The van der Waals surface area contributed by atoms with Gasteiger partial charge in [-0.05, 0) is 24.2 Å². The maximum atomic E-state index is 13.0. The number of carbonyl (C=O) groups excluding carboxylic acids is 1. The monoisotopic (exact) mass is 251 g/mol. The Morgan fingerprint density at radius 2 is 2.33 bits per heavy atom. The molecular formula is C14H18FNO2. The van der Waals surface area contributed by atoms with Crippen LogP contribution in [0.4, 0.5) is 4.39 Å². The van der Waals surface area contributed by atoms with Crippen LogP contribution < -0.4 is 5.32 Å². The molecular weight excluding hydrogens is 233 g/mol. The molecule has 1 aromatic rings. The summed E-state index contributed by atoms with van der Waals surface area (Å²) < 4.78 is 18.4. The van der Waals surface area contributed by atoms with Gasteiger partial charge in [0, 0.05) is 12.5 Å². The second-order valence-electron chi connectivity index (χ2n) is 4.58. The number of nitrogens with one attached hydrogen (secondary N) is 1. The van der Waals surface area contributed by atoms with E-state index in [-0.39, 0.29) is 30.0 Å². The molecule has 4 heteroatoms. The van der Waals surface area contributed by atoms with Crippen molar-refractivity contribution in [3.05, 3.63) is 35.6 Å². The Labute approximate surface area is 106 Å². The van der Waals surface area contributed by atoms with Crippen molar-refractivity contribution < 1.29 is 13.9 Å². The predicted octanol–water partition coefficient (Wildman–Crippen LogP) is 1.56. The quantitative estimate of drug-likeness (QED) is 0.863. The minimum Gasteiger partial charge on any atom is -0.379 e. The predicted molar refractivity (Wildman–Crippen MR) is 66.9 cm³/mol. The number of carbonyl (C=O) groups is 1. The number of ketones is 1. The first kappa shape index (κ1) is 13.2. The van der Waals surface area contributed by atoms with Crippen molar-refractivity contribution in [1.29, 1.82) is 0 Å². The summed E-state index contributed by atoms with van der Waals surface area (Å²) in [5, 5.41) is 3.25. The largest absolute Gasteiger partial charge is 0.379 e. The fraction of sp³-hybridized carbons (Fsp3) is 0.500. The van der Waals surface area contributed by atoms with Crippen LogP contribution in [0.3, 0.4) is 0 Å². The summed E-state index contributed by atoms with van der Waals surface area (Å²) in [6.07, 6.45) is 0.272. The van der Waals surface area contributed by atoms with E-state index in [4.69, 9.17) is 4.74 Å². The number of rotatable bonds is 5. The maximum absolute atomic E-state index is 13.0. The lowest BCUT2D eigenvalue weighted by Crippen LogP contribution is -2.39. The zero-order valence-corrected chi connectivity index (χ0v) is 10.5. The third-order valence-corrected chi connectivity index (χ3v) is 3.23. The van der Waals surface area contributed by atoms with Gasteiger partial charge in [-0.3, -0.25) is 4.79 Å². The molecule has 2 rings (SSSR count). The molecule has 0 aliphatic carbocycles. The van der Waals surface area contributed by atoms with Crippen LogP contribution in [0.2, 0.25) is 0 Å². The summed E-state index contributed by atoms with van der Waals surface area (Å²) in [4.78, 5) is 12.2. The van der Waals surface area contributed by atoms with E-state index < -0.39 is 0 Å². The van der Waals surface area contributed by atoms with E-state index in [0.717, 1.165) is 12.1 Å². The zero-order chi connectivity index (χ0) is 13.0. The van der Waals surface area contributed by atoms with Crippen LogP contribution in [0.25, 0.3) is 0 Å². The molecule has 3 nitrogen and oxygen atoms in total. The van der Waals surface area contributed by atoms with Crippen molar-refractivity contribution in [1.82, 2.24) is 5.32 Å². The number of likely N-dealkylation sites (N-methyl/N-ethyl adjacent to an activating group) is 1. The average Bonchev–Trinajstić information content (AvgIpc) is 2.78. The van der Waals surface area contributed by atoms with Gasteiger partial charge in [0.15, 0.2) is 0 Å². The molecule has 1 aliphatic rings. The van der Waals surface area contributed by atoms with Crippen LogP contribution in [0.15, 0.2) is 24.3 Å². The van der Waals surface area contributed by atoms with Crippen LogP contribution in [0, 0.1) is 11.7 Å². The highest BCUT2D eigenvalue weighted by Crippen LogP contribution is 2.17. The topological polar surface area (TPSA) is 38.3 Å². The lowest BCUT2D eigenvalue weighted by molar-refractivity contribution is -0.122. The first-order valence-corrected chi connectivity index (χ1v) is 6.29. The molecule has 1 fully saturated rings. The Kier molecular flexibility index (Phi) is 4.44. The van der Waals surface area contributed by atoms with Crippen molar-refractivity contribution in [2.75, 3.05) is 19.8 Å². The summed E-state index contributed by atoms with van der Waals surface area (Å²) in [6, 6.07) is 6.30. The first-order valence-electron chi connectivity index (χ1n) is 6.29. The summed E-state index contributed by atoms with van der Waals surface area (Å²) in [7, 11) is 0. The molecule has 1 saturated heterocycles. The molecule has 2 atom stereocenters. The number of hydrogen-bond acceptors (Lipinski definition) is 3. The fourth-order valence-corrected chi connectivity index (χ4v) is 2.31. The van der Waals surface area contributed by atoms with Gasteiger partial charge in [-0.25, -0.2) is 4.39 Å². The number of benzene rings is 1. The second-order valence-corrected chi connectivity index (χ2v) is 4.58. The minimum absolute atomic E-state index is 0.0936. The summed E-state index contributed by atoms with van der Waals surface area (Å²) >= 11 is 0. The normalized spacial score (nSPS) is 23.2. The van der Waals surface area contributed by atoms with Gasteiger partial charge < -0.3 is 10.1 Å². The molecule has 0 amide bonds. The molecule has 1 heterocycles. The minimum atomic E-state index is -0.300. The standard InChI is InChI=1S/C14H18FNO2/c1-2-16-13-9-18-8-12(13)14(17)7-10-4-3-5-11(15)6-10/h3-6,12-13,16H,2,7-9H2,1H3. The van der Waals surface area contributed by atoms with Crippen molar-refractivity contribution in [3.63, 3.8) is 0 Å². The average molecular weight is 251 g/mol. The summed E-state index contributed by atoms with van der Waals surface area (Å²) in [5.41, 5.74) is 0.724. The van der Waals surface area contributed by atoms with E-state index in [9.17, 15) is 9.18 Å². The molecule has 0 spiro atoms.